The third-order valence-corrected chi connectivity index (χ3v) is 8.54. The van der Waals surface area contributed by atoms with Gasteiger partial charge in [0, 0.05) is 25.7 Å². The number of hydrogen-bond donors (Lipinski definition) is 0. The van der Waals surface area contributed by atoms with Crippen molar-refractivity contribution in [3.8, 4) is 0 Å². The minimum absolute atomic E-state index is 0.219. The summed E-state index contributed by atoms with van der Waals surface area (Å²) in [4.78, 5) is 24.6. The molecule has 4 heteroatoms. The number of allylic oxidation sites excluding steroid dienone is 4. The fraction of sp³-hybridized carbons (Fsp3) is 0.846. The summed E-state index contributed by atoms with van der Waals surface area (Å²) < 4.78 is 11.1. The second kappa shape index (κ2) is 29.1. The van der Waals surface area contributed by atoms with Gasteiger partial charge >= 0.3 is 11.9 Å². The molecule has 0 bridgehead atoms. The predicted molar refractivity (Wildman–Crippen MR) is 183 cm³/mol. The Labute approximate surface area is 267 Å². The first-order chi connectivity index (χ1) is 21.1. The number of ether oxygens (including phenoxy) is 2. The third kappa shape index (κ3) is 26.5. The Morgan fingerprint density at radius 3 is 1.02 bits per heavy atom. The summed E-state index contributed by atoms with van der Waals surface area (Å²) in [5.74, 6) is -1.38. The first kappa shape index (κ1) is 39.4. The van der Waals surface area contributed by atoms with Crippen LogP contribution in [0.1, 0.15) is 206 Å². The SMILES string of the molecule is CCCCCCCC/C=C\CCCCCCCC(=O)OC1(OC(=O)CCCCCCC/C=C\CCCCCCCC)CC1. The van der Waals surface area contributed by atoms with Crippen LogP contribution in [0.4, 0.5) is 0 Å². The summed E-state index contributed by atoms with van der Waals surface area (Å²) in [5.41, 5.74) is 0. The molecule has 43 heavy (non-hydrogen) atoms. The minimum Gasteiger partial charge on any atom is -0.422 e. The van der Waals surface area contributed by atoms with Crippen LogP contribution in [0.15, 0.2) is 24.3 Å². The molecule has 0 amide bonds. The molecule has 0 aromatic rings. The van der Waals surface area contributed by atoms with Gasteiger partial charge in [-0.25, -0.2) is 0 Å². The fourth-order valence-electron chi connectivity index (χ4n) is 5.52. The lowest BCUT2D eigenvalue weighted by Crippen LogP contribution is -2.26. The number of rotatable bonds is 32. The summed E-state index contributed by atoms with van der Waals surface area (Å²) in [6, 6.07) is 0. The van der Waals surface area contributed by atoms with Crippen LogP contribution in [0.2, 0.25) is 0 Å². The average Bonchev–Trinajstić information content (AvgIpc) is 3.75. The van der Waals surface area contributed by atoms with E-state index in [0.29, 0.717) is 25.7 Å². The number of carbonyl (C=O) groups excluding carboxylic acids is 2. The van der Waals surface area contributed by atoms with Crippen molar-refractivity contribution in [1.82, 2.24) is 0 Å². The van der Waals surface area contributed by atoms with Gasteiger partial charge < -0.3 is 9.47 Å². The van der Waals surface area contributed by atoms with Gasteiger partial charge in [-0.3, -0.25) is 9.59 Å². The van der Waals surface area contributed by atoms with Crippen molar-refractivity contribution in [2.45, 2.75) is 212 Å². The van der Waals surface area contributed by atoms with E-state index in [-0.39, 0.29) is 11.9 Å². The van der Waals surface area contributed by atoms with E-state index < -0.39 is 5.79 Å². The van der Waals surface area contributed by atoms with Crippen molar-refractivity contribution < 1.29 is 19.1 Å². The highest BCUT2D eigenvalue weighted by molar-refractivity contribution is 5.72. The Hall–Kier alpha value is -1.58. The Bertz CT molecular complexity index is 650. The van der Waals surface area contributed by atoms with Crippen molar-refractivity contribution in [3.63, 3.8) is 0 Å². The minimum atomic E-state index is -0.947. The fourth-order valence-corrected chi connectivity index (χ4v) is 5.52. The van der Waals surface area contributed by atoms with E-state index in [1.807, 2.05) is 0 Å². The zero-order valence-electron chi connectivity index (χ0n) is 28.7. The quantitative estimate of drug-likeness (QED) is 0.0332. The molecule has 0 unspecified atom stereocenters. The van der Waals surface area contributed by atoms with Gasteiger partial charge in [0.1, 0.15) is 0 Å². The zero-order chi connectivity index (χ0) is 31.1. The van der Waals surface area contributed by atoms with Crippen LogP contribution >= 0.6 is 0 Å². The summed E-state index contributed by atoms with van der Waals surface area (Å²) in [6.45, 7) is 4.53. The maximum atomic E-state index is 12.3. The maximum absolute atomic E-state index is 12.3. The molecule has 0 aromatic heterocycles. The largest absolute Gasteiger partial charge is 0.422 e. The highest BCUT2D eigenvalue weighted by atomic mass is 16.7. The van der Waals surface area contributed by atoms with Crippen molar-refractivity contribution in [1.29, 1.82) is 0 Å². The Morgan fingerprint density at radius 1 is 0.442 bits per heavy atom. The molecule has 0 heterocycles. The van der Waals surface area contributed by atoms with Crippen LogP contribution in [0, 0.1) is 0 Å². The molecule has 0 N–H and O–H groups in total. The van der Waals surface area contributed by atoms with Crippen LogP contribution in [0.3, 0.4) is 0 Å². The van der Waals surface area contributed by atoms with Gasteiger partial charge in [-0.15, -0.1) is 0 Å². The van der Waals surface area contributed by atoms with Gasteiger partial charge in [0.25, 0.3) is 5.79 Å². The monoisotopic (exact) mass is 603 g/mol. The molecular weight excluding hydrogens is 532 g/mol. The molecule has 0 spiro atoms. The number of carbonyl (C=O) groups is 2. The van der Waals surface area contributed by atoms with Crippen molar-refractivity contribution in [2.75, 3.05) is 0 Å². The van der Waals surface area contributed by atoms with E-state index in [0.717, 1.165) is 38.5 Å². The highest BCUT2D eigenvalue weighted by Gasteiger charge is 2.51. The Morgan fingerprint density at radius 2 is 0.721 bits per heavy atom. The summed E-state index contributed by atoms with van der Waals surface area (Å²) in [5, 5.41) is 0. The first-order valence-electron chi connectivity index (χ1n) is 18.9. The molecule has 1 aliphatic rings. The van der Waals surface area contributed by atoms with Gasteiger partial charge in [-0.2, -0.15) is 0 Å². The first-order valence-corrected chi connectivity index (χ1v) is 18.9. The number of esters is 2. The molecular formula is C39H70O4. The van der Waals surface area contributed by atoms with Crippen molar-refractivity contribution in [2.24, 2.45) is 0 Å². The molecule has 0 aliphatic heterocycles. The number of hydrogen-bond acceptors (Lipinski definition) is 4. The van der Waals surface area contributed by atoms with E-state index >= 15 is 0 Å². The molecule has 4 nitrogen and oxygen atoms in total. The maximum Gasteiger partial charge on any atom is 0.309 e. The second-order valence-electron chi connectivity index (χ2n) is 13.0. The zero-order valence-corrected chi connectivity index (χ0v) is 28.7. The summed E-state index contributed by atoms with van der Waals surface area (Å²) in [7, 11) is 0. The van der Waals surface area contributed by atoms with Crippen molar-refractivity contribution >= 4 is 11.9 Å². The van der Waals surface area contributed by atoms with E-state index in [4.69, 9.17) is 9.47 Å². The average molecular weight is 603 g/mol. The van der Waals surface area contributed by atoms with E-state index in [9.17, 15) is 9.59 Å². The predicted octanol–water partition coefficient (Wildman–Crippen LogP) is 12.6. The van der Waals surface area contributed by atoms with Crippen LogP contribution in [0.25, 0.3) is 0 Å². The van der Waals surface area contributed by atoms with Gasteiger partial charge in [0.15, 0.2) is 0 Å². The molecule has 0 radical (unpaired) electrons. The van der Waals surface area contributed by atoms with Gasteiger partial charge in [0.2, 0.25) is 0 Å². The highest BCUT2D eigenvalue weighted by Crippen LogP contribution is 2.41. The molecule has 0 aromatic carbocycles. The van der Waals surface area contributed by atoms with Crippen LogP contribution in [-0.4, -0.2) is 17.7 Å². The van der Waals surface area contributed by atoms with E-state index in [2.05, 4.69) is 38.2 Å². The van der Waals surface area contributed by atoms with Crippen molar-refractivity contribution in [3.05, 3.63) is 24.3 Å². The van der Waals surface area contributed by atoms with Crippen LogP contribution < -0.4 is 0 Å². The summed E-state index contributed by atoms with van der Waals surface area (Å²) in [6.07, 6.45) is 43.7. The number of unbranched alkanes of at least 4 members (excludes halogenated alkanes) is 22. The molecule has 1 aliphatic carbocycles. The van der Waals surface area contributed by atoms with Crippen LogP contribution in [-0.2, 0) is 19.1 Å². The lowest BCUT2D eigenvalue weighted by Gasteiger charge is -2.17. The molecule has 1 rings (SSSR count). The Balaban J connectivity index is 1.90. The smallest absolute Gasteiger partial charge is 0.309 e. The Kier molecular flexibility index (Phi) is 26.7. The molecule has 250 valence electrons. The normalized spacial score (nSPS) is 14.1. The van der Waals surface area contributed by atoms with E-state index in [1.54, 1.807) is 0 Å². The lowest BCUT2D eigenvalue weighted by atomic mass is 10.1. The topological polar surface area (TPSA) is 52.6 Å². The summed E-state index contributed by atoms with van der Waals surface area (Å²) >= 11 is 0. The van der Waals surface area contributed by atoms with Crippen LogP contribution in [0.5, 0.6) is 0 Å². The van der Waals surface area contributed by atoms with Gasteiger partial charge in [-0.1, -0.05) is 141 Å². The van der Waals surface area contributed by atoms with E-state index in [1.165, 1.54) is 128 Å². The standard InChI is InChI=1S/C39H70O4/c1-3-5-7-9-11-13-15-17-19-21-23-25-27-29-31-33-37(40)42-39(35-36-39)43-38(41)34-32-30-28-26-24-22-20-18-16-14-12-10-8-6-4-2/h17-20H,3-16,21-36H2,1-2H3/b19-17-,20-18-. The van der Waals surface area contributed by atoms with Gasteiger partial charge in [0.05, 0.1) is 0 Å². The van der Waals surface area contributed by atoms with Gasteiger partial charge in [-0.05, 0) is 64.2 Å². The third-order valence-electron chi connectivity index (χ3n) is 8.54. The molecule has 1 fully saturated rings. The lowest BCUT2D eigenvalue weighted by molar-refractivity contribution is -0.196. The molecule has 1 saturated carbocycles. The second-order valence-corrected chi connectivity index (χ2v) is 13.0. The molecule has 0 atom stereocenters. The molecule has 0 saturated heterocycles.